The summed E-state index contributed by atoms with van der Waals surface area (Å²) in [5.74, 6) is 0.262. The SMILES string of the molecule is CC(=O)c1ccc(S(=O)(=O)N2CCC(C(=O)NCc3ccco3)CC2)cc1. The van der Waals surface area contributed by atoms with Gasteiger partial charge in [0, 0.05) is 24.6 Å². The maximum Gasteiger partial charge on any atom is 0.243 e. The normalized spacial score (nSPS) is 16.2. The number of piperidine rings is 1. The van der Waals surface area contributed by atoms with E-state index in [1.165, 1.54) is 35.5 Å². The summed E-state index contributed by atoms with van der Waals surface area (Å²) in [5.41, 5.74) is 0.473. The zero-order chi connectivity index (χ0) is 19.4. The zero-order valence-electron chi connectivity index (χ0n) is 15.1. The molecular weight excluding hydrogens is 368 g/mol. The molecule has 1 saturated heterocycles. The molecule has 0 aliphatic carbocycles. The molecule has 0 radical (unpaired) electrons. The number of furan rings is 1. The van der Waals surface area contributed by atoms with Gasteiger partial charge in [-0.1, -0.05) is 12.1 Å². The second-order valence-electron chi connectivity index (χ2n) is 6.56. The molecule has 1 aliphatic rings. The minimum Gasteiger partial charge on any atom is -0.467 e. The van der Waals surface area contributed by atoms with Crippen LogP contribution in [0.2, 0.25) is 0 Å². The Bertz CT molecular complexity index is 896. The molecule has 1 amide bonds. The lowest BCUT2D eigenvalue weighted by Gasteiger charge is -2.30. The first kappa shape index (κ1) is 19.3. The van der Waals surface area contributed by atoms with E-state index in [9.17, 15) is 18.0 Å². The molecule has 144 valence electrons. The van der Waals surface area contributed by atoms with Gasteiger partial charge in [0.1, 0.15) is 5.76 Å². The van der Waals surface area contributed by atoms with Gasteiger partial charge in [-0.15, -0.1) is 0 Å². The third-order valence-corrected chi connectivity index (χ3v) is 6.65. The van der Waals surface area contributed by atoms with Gasteiger partial charge in [0.15, 0.2) is 5.78 Å². The largest absolute Gasteiger partial charge is 0.467 e. The molecular formula is C19H22N2O5S. The molecule has 0 unspecified atom stereocenters. The standard InChI is InChI=1S/C19H22N2O5S/c1-14(22)15-4-6-18(7-5-15)27(24,25)21-10-8-16(9-11-21)19(23)20-13-17-3-2-12-26-17/h2-7,12,16H,8-11,13H2,1H3,(H,20,23). The Labute approximate surface area is 158 Å². The third kappa shape index (κ3) is 4.45. The topological polar surface area (TPSA) is 96.7 Å². The van der Waals surface area contributed by atoms with Gasteiger partial charge in [0.25, 0.3) is 0 Å². The molecule has 1 aromatic heterocycles. The lowest BCUT2D eigenvalue weighted by atomic mass is 9.97. The van der Waals surface area contributed by atoms with Crippen molar-refractivity contribution >= 4 is 21.7 Å². The van der Waals surface area contributed by atoms with E-state index >= 15 is 0 Å². The molecule has 0 spiro atoms. The summed E-state index contributed by atoms with van der Waals surface area (Å²) < 4.78 is 32.1. The average Bonchev–Trinajstić information content (AvgIpc) is 3.20. The summed E-state index contributed by atoms with van der Waals surface area (Å²) in [6.07, 6.45) is 2.48. The van der Waals surface area contributed by atoms with E-state index in [0.717, 1.165) is 0 Å². The van der Waals surface area contributed by atoms with Crippen molar-refractivity contribution in [3.63, 3.8) is 0 Å². The molecule has 2 aromatic rings. The summed E-state index contributed by atoms with van der Waals surface area (Å²) >= 11 is 0. The van der Waals surface area contributed by atoms with E-state index in [2.05, 4.69) is 5.32 Å². The number of rotatable bonds is 6. The van der Waals surface area contributed by atoms with Gasteiger partial charge in [0.05, 0.1) is 17.7 Å². The van der Waals surface area contributed by atoms with Crippen molar-refractivity contribution in [1.29, 1.82) is 0 Å². The van der Waals surface area contributed by atoms with Crippen molar-refractivity contribution < 1.29 is 22.4 Å². The molecule has 1 aromatic carbocycles. The number of amides is 1. The fourth-order valence-electron chi connectivity index (χ4n) is 3.10. The Morgan fingerprint density at radius 2 is 1.81 bits per heavy atom. The van der Waals surface area contributed by atoms with Crippen LogP contribution in [0, 0.1) is 5.92 Å². The summed E-state index contributed by atoms with van der Waals surface area (Å²) in [7, 11) is -3.63. The van der Waals surface area contributed by atoms with Crippen LogP contribution in [0.4, 0.5) is 0 Å². The van der Waals surface area contributed by atoms with Crippen molar-refractivity contribution in [3.05, 3.63) is 54.0 Å². The first-order valence-corrected chi connectivity index (χ1v) is 10.2. The maximum atomic E-state index is 12.8. The molecule has 1 fully saturated rings. The minimum absolute atomic E-state index is 0.0886. The number of Topliss-reactive ketones (excluding diaryl/α,β-unsaturated/α-hetero) is 1. The Morgan fingerprint density at radius 1 is 1.15 bits per heavy atom. The molecule has 1 aliphatic heterocycles. The van der Waals surface area contributed by atoms with Gasteiger partial charge in [0.2, 0.25) is 15.9 Å². The zero-order valence-corrected chi connectivity index (χ0v) is 15.9. The van der Waals surface area contributed by atoms with Crippen LogP contribution in [-0.2, 0) is 21.4 Å². The van der Waals surface area contributed by atoms with Crippen LogP contribution in [-0.4, -0.2) is 37.5 Å². The van der Waals surface area contributed by atoms with Gasteiger partial charge in [-0.3, -0.25) is 9.59 Å². The Kier molecular flexibility index (Phi) is 5.76. The molecule has 3 rings (SSSR count). The van der Waals surface area contributed by atoms with E-state index in [4.69, 9.17) is 4.42 Å². The second kappa shape index (κ2) is 8.06. The Balaban J connectivity index is 1.57. The van der Waals surface area contributed by atoms with Crippen molar-refractivity contribution in [2.24, 2.45) is 5.92 Å². The summed E-state index contributed by atoms with van der Waals surface area (Å²) in [4.78, 5) is 23.8. The van der Waals surface area contributed by atoms with Gasteiger partial charge in [-0.25, -0.2) is 8.42 Å². The summed E-state index contributed by atoms with van der Waals surface area (Å²) in [6, 6.07) is 9.48. The highest BCUT2D eigenvalue weighted by molar-refractivity contribution is 7.89. The Hall–Kier alpha value is -2.45. The molecule has 0 atom stereocenters. The number of sulfonamides is 1. The van der Waals surface area contributed by atoms with E-state index in [1.807, 2.05) is 0 Å². The number of nitrogens with one attached hydrogen (secondary N) is 1. The number of benzene rings is 1. The molecule has 0 bridgehead atoms. The van der Waals surface area contributed by atoms with Crippen molar-refractivity contribution in [3.8, 4) is 0 Å². The van der Waals surface area contributed by atoms with Crippen LogP contribution in [0.1, 0.15) is 35.9 Å². The Morgan fingerprint density at radius 3 is 2.37 bits per heavy atom. The predicted octanol–water partition coefficient (Wildman–Crippen LogP) is 2.20. The van der Waals surface area contributed by atoms with Gasteiger partial charge < -0.3 is 9.73 Å². The molecule has 7 nitrogen and oxygen atoms in total. The third-order valence-electron chi connectivity index (χ3n) is 4.74. The number of nitrogens with zero attached hydrogens (tertiary/aromatic N) is 1. The fraction of sp³-hybridized carbons (Fsp3) is 0.368. The smallest absolute Gasteiger partial charge is 0.243 e. The quantitative estimate of drug-likeness (QED) is 0.763. The highest BCUT2D eigenvalue weighted by atomic mass is 32.2. The first-order valence-electron chi connectivity index (χ1n) is 8.79. The van der Waals surface area contributed by atoms with Gasteiger partial charge >= 0.3 is 0 Å². The van der Waals surface area contributed by atoms with Crippen LogP contribution < -0.4 is 5.32 Å². The van der Waals surface area contributed by atoms with E-state index in [-0.39, 0.29) is 35.6 Å². The van der Waals surface area contributed by atoms with Crippen molar-refractivity contribution in [2.75, 3.05) is 13.1 Å². The van der Waals surface area contributed by atoms with E-state index in [1.54, 1.807) is 18.4 Å². The molecule has 0 saturated carbocycles. The van der Waals surface area contributed by atoms with Gasteiger partial charge in [-0.2, -0.15) is 4.31 Å². The predicted molar refractivity (Wildman–Crippen MR) is 98.5 cm³/mol. The number of ketones is 1. The fourth-order valence-corrected chi connectivity index (χ4v) is 4.57. The average molecular weight is 390 g/mol. The van der Waals surface area contributed by atoms with Crippen molar-refractivity contribution in [2.45, 2.75) is 31.2 Å². The minimum atomic E-state index is -3.63. The van der Waals surface area contributed by atoms with Crippen LogP contribution >= 0.6 is 0 Å². The number of hydrogen-bond acceptors (Lipinski definition) is 5. The maximum absolute atomic E-state index is 12.8. The van der Waals surface area contributed by atoms with Crippen LogP contribution in [0.25, 0.3) is 0 Å². The molecule has 1 N–H and O–H groups in total. The van der Waals surface area contributed by atoms with Crippen molar-refractivity contribution in [1.82, 2.24) is 9.62 Å². The molecule has 2 heterocycles. The van der Waals surface area contributed by atoms with E-state index in [0.29, 0.717) is 30.7 Å². The van der Waals surface area contributed by atoms with Gasteiger partial charge in [-0.05, 0) is 44.0 Å². The number of hydrogen-bond donors (Lipinski definition) is 1. The lowest BCUT2D eigenvalue weighted by molar-refractivity contribution is -0.126. The van der Waals surface area contributed by atoms with Crippen LogP contribution in [0.5, 0.6) is 0 Å². The summed E-state index contributed by atoms with van der Waals surface area (Å²) in [5, 5.41) is 2.82. The molecule has 8 heteroatoms. The molecule has 27 heavy (non-hydrogen) atoms. The highest BCUT2D eigenvalue weighted by Crippen LogP contribution is 2.24. The lowest BCUT2D eigenvalue weighted by Crippen LogP contribution is -2.42. The summed E-state index contributed by atoms with van der Waals surface area (Å²) in [6.45, 7) is 2.34. The second-order valence-corrected chi connectivity index (χ2v) is 8.49. The van der Waals surface area contributed by atoms with E-state index < -0.39 is 10.0 Å². The number of carbonyl (C=O) groups excluding carboxylic acids is 2. The highest BCUT2D eigenvalue weighted by Gasteiger charge is 2.32. The van der Waals surface area contributed by atoms with Crippen LogP contribution in [0.15, 0.2) is 52.0 Å². The number of carbonyl (C=O) groups is 2. The monoisotopic (exact) mass is 390 g/mol. The first-order chi connectivity index (χ1) is 12.9. The van der Waals surface area contributed by atoms with Crippen LogP contribution in [0.3, 0.4) is 0 Å².